The molecule has 0 radical (unpaired) electrons. The van der Waals surface area contributed by atoms with Crippen LogP contribution < -0.4 is 20.5 Å². The zero-order chi connectivity index (χ0) is 27.7. The topological polar surface area (TPSA) is 137 Å². The van der Waals surface area contributed by atoms with Crippen molar-refractivity contribution >= 4 is 29.8 Å². The highest BCUT2D eigenvalue weighted by Crippen LogP contribution is 2.44. The highest BCUT2D eigenvalue weighted by Gasteiger charge is 2.42. The molecule has 1 aliphatic rings. The Kier molecular flexibility index (Phi) is 12.3. The SMILES string of the molecule is CCC(C)C(NC)C1CC(C)CC(C)(C(N)=O)C1.COc1cc([N+](=O)[O-])ccc1SNC(C)(C)C=O. The van der Waals surface area contributed by atoms with Crippen LogP contribution in [0.3, 0.4) is 0 Å². The first kappa shape index (κ1) is 31.9. The van der Waals surface area contributed by atoms with E-state index in [9.17, 15) is 19.7 Å². The lowest BCUT2D eigenvalue weighted by molar-refractivity contribution is -0.385. The quantitative estimate of drug-likeness (QED) is 0.164. The molecule has 0 saturated heterocycles. The molecule has 2 rings (SSSR count). The standard InChI is InChI=1S/C15H30N2O.C11H14N2O4S/c1-6-11(3)13(17-5)12-7-10(2)8-15(4,9-12)14(16)18;1-11(2,7-14)12-18-10-5-4-8(13(15)16)6-9(10)17-3/h10-13,17H,6-9H2,1-5H3,(H2,16,18);4-7,12H,1-3H3. The van der Waals surface area contributed by atoms with Gasteiger partial charge in [0.2, 0.25) is 5.91 Å². The number of benzene rings is 1. The normalized spacial score (nSPS) is 23.6. The van der Waals surface area contributed by atoms with Gasteiger partial charge in [0.15, 0.2) is 0 Å². The number of nitrogens with two attached hydrogens (primary N) is 1. The van der Waals surface area contributed by atoms with Crippen molar-refractivity contribution in [3.05, 3.63) is 28.3 Å². The summed E-state index contributed by atoms with van der Waals surface area (Å²) in [6.07, 6.45) is 5.04. The van der Waals surface area contributed by atoms with Crippen molar-refractivity contribution in [2.75, 3.05) is 14.2 Å². The van der Waals surface area contributed by atoms with Gasteiger partial charge in [-0.15, -0.1) is 0 Å². The number of hydrogen-bond donors (Lipinski definition) is 3. The lowest BCUT2D eigenvalue weighted by atomic mass is 9.63. The summed E-state index contributed by atoms with van der Waals surface area (Å²) < 4.78 is 8.03. The van der Waals surface area contributed by atoms with E-state index in [4.69, 9.17) is 10.5 Å². The molecule has 0 heterocycles. The van der Waals surface area contributed by atoms with Crippen LogP contribution in [0.4, 0.5) is 5.69 Å². The van der Waals surface area contributed by atoms with E-state index in [1.54, 1.807) is 19.9 Å². The average Bonchev–Trinajstić information content (AvgIpc) is 2.82. The molecule has 1 fully saturated rings. The van der Waals surface area contributed by atoms with E-state index in [0.29, 0.717) is 34.4 Å². The first-order valence-electron chi connectivity index (χ1n) is 12.4. The molecule has 5 atom stereocenters. The van der Waals surface area contributed by atoms with Crippen LogP contribution in [0.15, 0.2) is 23.1 Å². The summed E-state index contributed by atoms with van der Waals surface area (Å²) in [4.78, 5) is 33.3. The fourth-order valence-electron chi connectivity index (χ4n) is 4.89. The average molecular weight is 525 g/mol. The molecule has 0 spiro atoms. The first-order valence-corrected chi connectivity index (χ1v) is 13.2. The van der Waals surface area contributed by atoms with Crippen LogP contribution in [-0.4, -0.2) is 42.9 Å². The minimum absolute atomic E-state index is 0.0363. The van der Waals surface area contributed by atoms with Gasteiger partial charge in [0.05, 0.1) is 28.5 Å². The molecule has 4 N–H and O–H groups in total. The van der Waals surface area contributed by atoms with Crippen molar-refractivity contribution in [2.24, 2.45) is 28.9 Å². The van der Waals surface area contributed by atoms with Crippen LogP contribution in [-0.2, 0) is 9.59 Å². The summed E-state index contributed by atoms with van der Waals surface area (Å²) in [7, 11) is 3.48. The number of rotatable bonds is 11. The second-order valence-corrected chi connectivity index (χ2v) is 11.6. The largest absolute Gasteiger partial charge is 0.495 e. The molecule has 1 aromatic carbocycles. The monoisotopic (exact) mass is 524 g/mol. The molecule has 1 aliphatic carbocycles. The van der Waals surface area contributed by atoms with Crippen molar-refractivity contribution in [1.29, 1.82) is 0 Å². The lowest BCUT2D eigenvalue weighted by Gasteiger charge is -2.43. The van der Waals surface area contributed by atoms with E-state index in [1.807, 2.05) is 14.0 Å². The third kappa shape index (κ3) is 9.05. The number of nitro benzene ring substituents is 1. The van der Waals surface area contributed by atoms with E-state index in [0.717, 1.165) is 19.1 Å². The molecule has 1 saturated carbocycles. The summed E-state index contributed by atoms with van der Waals surface area (Å²) in [5.41, 5.74) is 4.58. The zero-order valence-corrected chi connectivity index (χ0v) is 23.7. The molecular formula is C26H44N4O5S. The number of amides is 1. The molecule has 0 bridgehead atoms. The number of non-ortho nitro benzene ring substituents is 1. The molecule has 0 aliphatic heterocycles. The molecule has 36 heavy (non-hydrogen) atoms. The van der Waals surface area contributed by atoms with E-state index in [2.05, 4.69) is 30.8 Å². The lowest BCUT2D eigenvalue weighted by Crippen LogP contribution is -2.48. The van der Waals surface area contributed by atoms with Gasteiger partial charge in [0, 0.05) is 17.5 Å². The number of hydrogen-bond acceptors (Lipinski definition) is 8. The van der Waals surface area contributed by atoms with Gasteiger partial charge in [0.1, 0.15) is 12.0 Å². The Balaban J connectivity index is 0.000000360. The maximum absolute atomic E-state index is 11.7. The number of nitrogens with one attached hydrogen (secondary N) is 2. The van der Waals surface area contributed by atoms with Crippen molar-refractivity contribution in [2.45, 2.75) is 83.7 Å². The number of methoxy groups -OCH3 is 1. The minimum Gasteiger partial charge on any atom is -0.495 e. The smallest absolute Gasteiger partial charge is 0.273 e. The van der Waals surface area contributed by atoms with Crippen molar-refractivity contribution in [1.82, 2.24) is 10.0 Å². The minimum atomic E-state index is -0.683. The predicted molar refractivity (Wildman–Crippen MR) is 145 cm³/mol. The summed E-state index contributed by atoms with van der Waals surface area (Å²) in [6.45, 7) is 12.3. The Morgan fingerprint density at radius 2 is 2.06 bits per heavy atom. The van der Waals surface area contributed by atoms with Gasteiger partial charge in [0.25, 0.3) is 5.69 Å². The Morgan fingerprint density at radius 3 is 2.53 bits per heavy atom. The van der Waals surface area contributed by atoms with Crippen LogP contribution in [0.1, 0.15) is 67.2 Å². The molecular weight excluding hydrogens is 480 g/mol. The summed E-state index contributed by atoms with van der Waals surface area (Å²) in [5.74, 6) is 2.05. The molecule has 9 nitrogen and oxygen atoms in total. The highest BCUT2D eigenvalue weighted by molar-refractivity contribution is 7.97. The van der Waals surface area contributed by atoms with Gasteiger partial charge in [-0.05, 0) is 75.9 Å². The van der Waals surface area contributed by atoms with Crippen LogP contribution >= 0.6 is 11.9 Å². The molecule has 1 aromatic rings. The van der Waals surface area contributed by atoms with E-state index < -0.39 is 10.5 Å². The number of aldehydes is 1. The fraction of sp³-hybridized carbons (Fsp3) is 0.692. The van der Waals surface area contributed by atoms with Crippen LogP contribution in [0.5, 0.6) is 5.75 Å². The fourth-order valence-corrected chi connectivity index (χ4v) is 5.69. The van der Waals surface area contributed by atoms with Crippen LogP contribution in [0.2, 0.25) is 0 Å². The van der Waals surface area contributed by atoms with Crippen molar-refractivity contribution in [3.8, 4) is 5.75 Å². The Hall–Kier alpha value is -2.17. The highest BCUT2D eigenvalue weighted by atomic mass is 32.2. The van der Waals surface area contributed by atoms with Gasteiger partial charge < -0.3 is 20.6 Å². The number of nitrogens with zero attached hydrogens (tertiary/aromatic N) is 1. The summed E-state index contributed by atoms with van der Waals surface area (Å²) in [6, 6.07) is 4.81. The number of ether oxygens (including phenoxy) is 1. The van der Waals surface area contributed by atoms with E-state index in [1.165, 1.54) is 44.0 Å². The Bertz CT molecular complexity index is 897. The number of carbonyl (C=O) groups is 2. The van der Waals surface area contributed by atoms with Gasteiger partial charge in [-0.1, -0.05) is 34.1 Å². The van der Waals surface area contributed by atoms with Gasteiger partial charge in [-0.2, -0.15) is 0 Å². The van der Waals surface area contributed by atoms with Crippen molar-refractivity contribution in [3.63, 3.8) is 0 Å². The number of carbonyl (C=O) groups excluding carboxylic acids is 2. The molecule has 1 amide bonds. The van der Waals surface area contributed by atoms with E-state index in [-0.39, 0.29) is 17.0 Å². The van der Waals surface area contributed by atoms with Gasteiger partial charge in [-0.25, -0.2) is 4.72 Å². The van der Waals surface area contributed by atoms with Gasteiger partial charge >= 0.3 is 0 Å². The summed E-state index contributed by atoms with van der Waals surface area (Å²) >= 11 is 1.19. The second-order valence-electron chi connectivity index (χ2n) is 10.8. The van der Waals surface area contributed by atoms with Crippen molar-refractivity contribution < 1.29 is 19.2 Å². The van der Waals surface area contributed by atoms with Crippen LogP contribution in [0.25, 0.3) is 0 Å². The maximum atomic E-state index is 11.7. The van der Waals surface area contributed by atoms with E-state index >= 15 is 0 Å². The predicted octanol–water partition coefficient (Wildman–Crippen LogP) is 4.73. The maximum Gasteiger partial charge on any atom is 0.273 e. The third-order valence-electron chi connectivity index (χ3n) is 6.99. The zero-order valence-electron chi connectivity index (χ0n) is 22.9. The molecule has 204 valence electrons. The second kappa shape index (κ2) is 13.9. The van der Waals surface area contributed by atoms with Gasteiger partial charge in [-0.3, -0.25) is 14.9 Å². The molecule has 0 aromatic heterocycles. The molecule has 10 heteroatoms. The third-order valence-corrected chi connectivity index (χ3v) is 8.17. The number of nitro groups is 1. The molecule has 5 unspecified atom stereocenters. The summed E-state index contributed by atoms with van der Waals surface area (Å²) in [5, 5.41) is 14.1. The Labute approximate surface area is 220 Å². The number of primary amides is 1. The first-order chi connectivity index (χ1) is 16.7. The Morgan fingerprint density at radius 1 is 1.42 bits per heavy atom. The van der Waals surface area contributed by atoms with Crippen LogP contribution in [0, 0.1) is 33.3 Å².